The van der Waals surface area contributed by atoms with E-state index < -0.39 is 5.60 Å². The van der Waals surface area contributed by atoms with E-state index in [1.54, 1.807) is 14.0 Å². The number of rotatable bonds is 12. The summed E-state index contributed by atoms with van der Waals surface area (Å²) in [6.45, 7) is 13.3. The van der Waals surface area contributed by atoms with Gasteiger partial charge >= 0.3 is 18.1 Å². The zero-order valence-corrected chi connectivity index (χ0v) is 35.1. The van der Waals surface area contributed by atoms with Gasteiger partial charge in [0.2, 0.25) is 0 Å². The van der Waals surface area contributed by atoms with Crippen LogP contribution in [0.5, 0.6) is 11.8 Å². The Morgan fingerprint density at radius 1 is 1.02 bits per heavy atom. The number of ether oxygens (including phenoxy) is 6. The van der Waals surface area contributed by atoms with Gasteiger partial charge in [0, 0.05) is 49.5 Å². The number of carbonyl (C=O) groups excluding carboxylic acids is 2. The number of anilines is 1. The fourth-order valence-corrected chi connectivity index (χ4v) is 10.5. The summed E-state index contributed by atoms with van der Waals surface area (Å²) in [6.07, 6.45) is 7.43. The van der Waals surface area contributed by atoms with Crippen LogP contribution in [-0.2, 0) is 23.7 Å². The van der Waals surface area contributed by atoms with E-state index in [1.807, 2.05) is 31.9 Å². The number of esters is 1. The van der Waals surface area contributed by atoms with Crippen molar-refractivity contribution in [3.05, 3.63) is 47.7 Å². The maximum atomic E-state index is 13.5. The van der Waals surface area contributed by atoms with E-state index in [0.29, 0.717) is 44.7 Å². The highest BCUT2D eigenvalue weighted by molar-refractivity contribution is 6.06. The number of amides is 1. The molecule has 59 heavy (non-hydrogen) atoms. The first-order valence-corrected chi connectivity index (χ1v) is 21.3. The second kappa shape index (κ2) is 15.7. The third-order valence-electron chi connectivity index (χ3n) is 12.9. The molecule has 9 rings (SSSR count). The summed E-state index contributed by atoms with van der Waals surface area (Å²) < 4.78 is 34.8. The van der Waals surface area contributed by atoms with Gasteiger partial charge in [-0.3, -0.25) is 14.8 Å². The zero-order chi connectivity index (χ0) is 41.1. The number of aromatic nitrogens is 3. The predicted octanol–water partition coefficient (Wildman–Crippen LogP) is 6.84. The second-order valence-corrected chi connectivity index (χ2v) is 17.8. The summed E-state index contributed by atoms with van der Waals surface area (Å²) >= 11 is 0. The van der Waals surface area contributed by atoms with Gasteiger partial charge < -0.3 is 33.3 Å². The highest BCUT2D eigenvalue weighted by Crippen LogP contribution is 2.49. The first-order valence-electron chi connectivity index (χ1n) is 21.3. The van der Waals surface area contributed by atoms with Crippen molar-refractivity contribution in [3.63, 3.8) is 0 Å². The second-order valence-electron chi connectivity index (χ2n) is 17.8. The van der Waals surface area contributed by atoms with Crippen molar-refractivity contribution in [2.45, 2.75) is 108 Å². The lowest BCUT2D eigenvalue weighted by Gasteiger charge is -2.42. The largest absolute Gasteiger partial charge is 0.468 e. The van der Waals surface area contributed by atoms with Crippen molar-refractivity contribution >= 4 is 39.6 Å². The SMILES string of the molecule is CCOC(=O)COC[C@@H]1CC[C@]2(COc3nc(N4CC5CCC(C4)N5C(=O)OC(C)(C)C)c4cnc5c(c4n3)C(C)c3cccc4cc(OCOC)cc-5c34)CCCN12. The van der Waals surface area contributed by atoms with Gasteiger partial charge in [0.05, 0.1) is 47.4 Å². The van der Waals surface area contributed by atoms with E-state index in [1.165, 1.54) is 5.56 Å². The number of hydrogen-bond acceptors (Lipinski definition) is 13. The first kappa shape index (κ1) is 39.7. The number of methoxy groups -OCH3 is 1. The number of piperazine rings is 1. The molecule has 0 spiro atoms. The lowest BCUT2D eigenvalue weighted by molar-refractivity contribution is -0.149. The third-order valence-corrected chi connectivity index (χ3v) is 12.9. The van der Waals surface area contributed by atoms with E-state index >= 15 is 0 Å². The van der Waals surface area contributed by atoms with Crippen LogP contribution in [0.25, 0.3) is 32.9 Å². The number of nitrogens with zero attached hydrogens (tertiary/aromatic N) is 6. The van der Waals surface area contributed by atoms with Crippen molar-refractivity contribution < 1.29 is 38.0 Å². The smallest absolute Gasteiger partial charge is 0.410 e. The molecule has 4 fully saturated rings. The van der Waals surface area contributed by atoms with Crippen LogP contribution in [0, 0.1) is 0 Å². The minimum Gasteiger partial charge on any atom is -0.468 e. The van der Waals surface area contributed by atoms with Crippen molar-refractivity contribution in [1.82, 2.24) is 24.8 Å². The molecule has 14 nitrogen and oxygen atoms in total. The maximum absolute atomic E-state index is 13.5. The van der Waals surface area contributed by atoms with Gasteiger partial charge in [0.15, 0.2) is 6.79 Å². The van der Waals surface area contributed by atoms with Crippen molar-refractivity contribution in [3.8, 4) is 23.0 Å². The van der Waals surface area contributed by atoms with Gasteiger partial charge in [-0.1, -0.05) is 25.1 Å². The molecule has 6 heterocycles. The van der Waals surface area contributed by atoms with Crippen LogP contribution < -0.4 is 14.4 Å². The molecular formula is C45H56N6O8. The molecule has 2 aromatic heterocycles. The molecule has 5 aliphatic rings. The number of pyridine rings is 1. The average Bonchev–Trinajstić information content (AvgIpc) is 3.86. The standard InChI is InChI=1S/C45H56N6O8/c1-7-56-36(52)24-55-23-31-14-16-45(15-9-17-50(31)45)25-57-42-47-40-35(41(48-42)49-21-29-12-13-30(22-49)51(29)43(53)59-44(3,4)5)20-46-39-34-19-32(58-26-54-6)18-28-10-8-11-33(38(28)34)27(2)37(39)40/h8,10-11,18-20,27,29-31H,7,9,12-17,21-26H2,1-6H3/t27?,29?,30?,31-,45-/m0/s1. The van der Waals surface area contributed by atoms with Gasteiger partial charge in [-0.05, 0) is 101 Å². The number of benzene rings is 2. The quantitative estimate of drug-likeness (QED) is 0.109. The highest BCUT2D eigenvalue weighted by atomic mass is 16.7. The summed E-state index contributed by atoms with van der Waals surface area (Å²) in [5, 5.41) is 3.10. The Morgan fingerprint density at radius 3 is 2.59 bits per heavy atom. The van der Waals surface area contributed by atoms with Gasteiger partial charge in [0.25, 0.3) is 0 Å². The van der Waals surface area contributed by atoms with Crippen LogP contribution in [-0.4, -0.2) is 126 Å². The van der Waals surface area contributed by atoms with Gasteiger partial charge in [-0.15, -0.1) is 0 Å². The van der Waals surface area contributed by atoms with Crippen molar-refractivity contribution in [2.75, 3.05) is 64.9 Å². The molecule has 14 heteroatoms. The molecule has 4 aromatic rings. The number of hydrogen-bond donors (Lipinski definition) is 0. The Hall–Kier alpha value is -4.79. The molecule has 0 radical (unpaired) electrons. The molecule has 0 N–H and O–H groups in total. The topological polar surface area (TPSA) is 138 Å². The molecule has 4 saturated heterocycles. The Labute approximate surface area is 345 Å². The molecule has 1 amide bonds. The predicted molar refractivity (Wildman–Crippen MR) is 222 cm³/mol. The molecule has 0 saturated carbocycles. The summed E-state index contributed by atoms with van der Waals surface area (Å²) in [5.74, 6) is 1.12. The molecule has 1 aliphatic carbocycles. The van der Waals surface area contributed by atoms with Crippen LogP contribution in [0.2, 0.25) is 0 Å². The molecule has 2 bridgehead atoms. The van der Waals surface area contributed by atoms with Gasteiger partial charge in [0.1, 0.15) is 30.4 Å². The van der Waals surface area contributed by atoms with Crippen LogP contribution in [0.1, 0.15) is 90.2 Å². The average molecular weight is 809 g/mol. The fraction of sp³-hybridized carbons (Fsp3) is 0.578. The minimum atomic E-state index is -0.576. The summed E-state index contributed by atoms with van der Waals surface area (Å²) in [7, 11) is 1.62. The molecule has 5 atom stereocenters. The third kappa shape index (κ3) is 7.31. The van der Waals surface area contributed by atoms with Crippen LogP contribution >= 0.6 is 0 Å². The van der Waals surface area contributed by atoms with Crippen LogP contribution in [0.3, 0.4) is 0 Å². The highest BCUT2D eigenvalue weighted by Gasteiger charge is 2.50. The van der Waals surface area contributed by atoms with E-state index in [9.17, 15) is 9.59 Å². The lowest BCUT2D eigenvalue weighted by Crippen LogP contribution is -2.57. The van der Waals surface area contributed by atoms with E-state index in [2.05, 4.69) is 47.1 Å². The monoisotopic (exact) mass is 808 g/mol. The molecule has 2 aromatic carbocycles. The van der Waals surface area contributed by atoms with Crippen LogP contribution in [0.4, 0.5) is 10.6 Å². The Morgan fingerprint density at radius 2 is 1.83 bits per heavy atom. The Bertz CT molecular complexity index is 2250. The molecule has 314 valence electrons. The lowest BCUT2D eigenvalue weighted by atomic mass is 9.79. The maximum Gasteiger partial charge on any atom is 0.410 e. The van der Waals surface area contributed by atoms with E-state index in [0.717, 1.165) is 89.4 Å². The Balaban J connectivity index is 1.09. The molecule has 4 aliphatic heterocycles. The number of carbonyl (C=O) groups is 2. The fourth-order valence-electron chi connectivity index (χ4n) is 10.5. The minimum absolute atomic E-state index is 0.00935. The normalized spacial score (nSPS) is 24.7. The van der Waals surface area contributed by atoms with Crippen molar-refractivity contribution in [1.29, 1.82) is 0 Å². The number of fused-ring (bicyclic) bond motifs is 7. The summed E-state index contributed by atoms with van der Waals surface area (Å²) in [6, 6.07) is 11.0. The van der Waals surface area contributed by atoms with E-state index in [4.69, 9.17) is 43.4 Å². The van der Waals surface area contributed by atoms with E-state index in [-0.39, 0.29) is 55.0 Å². The summed E-state index contributed by atoms with van der Waals surface area (Å²) in [5.41, 5.74) is 4.15. The zero-order valence-electron chi connectivity index (χ0n) is 35.1. The van der Waals surface area contributed by atoms with Crippen molar-refractivity contribution in [2.24, 2.45) is 0 Å². The van der Waals surface area contributed by atoms with Gasteiger partial charge in [-0.25, -0.2) is 9.59 Å². The van der Waals surface area contributed by atoms with Crippen LogP contribution in [0.15, 0.2) is 36.5 Å². The van der Waals surface area contributed by atoms with Gasteiger partial charge in [-0.2, -0.15) is 9.97 Å². The molecular weight excluding hydrogens is 753 g/mol. The summed E-state index contributed by atoms with van der Waals surface area (Å²) in [4.78, 5) is 47.9. The first-order chi connectivity index (χ1) is 28.5. The Kier molecular flexibility index (Phi) is 10.5. The molecule has 3 unspecified atom stereocenters.